The van der Waals surface area contributed by atoms with Gasteiger partial charge in [0.15, 0.2) is 10.8 Å². The lowest BCUT2D eigenvalue weighted by molar-refractivity contribution is -0.131. The molecule has 1 fully saturated rings. The minimum Gasteiger partial charge on any atom is -0.337 e. The van der Waals surface area contributed by atoms with Gasteiger partial charge < -0.3 is 4.90 Å². The number of amides is 1. The van der Waals surface area contributed by atoms with Gasteiger partial charge in [-0.3, -0.25) is 9.20 Å². The maximum absolute atomic E-state index is 12.9. The van der Waals surface area contributed by atoms with Crippen LogP contribution < -0.4 is 0 Å². The van der Waals surface area contributed by atoms with Crippen LogP contribution in [-0.2, 0) is 17.6 Å². The van der Waals surface area contributed by atoms with E-state index >= 15 is 0 Å². The van der Waals surface area contributed by atoms with Gasteiger partial charge in [-0.15, -0.1) is 21.5 Å². The van der Waals surface area contributed by atoms with Gasteiger partial charge in [-0.25, -0.2) is 4.98 Å². The summed E-state index contributed by atoms with van der Waals surface area (Å²) in [5, 5.41) is 11.2. The van der Waals surface area contributed by atoms with Crippen LogP contribution >= 0.6 is 23.1 Å². The highest BCUT2D eigenvalue weighted by molar-refractivity contribution is 7.99. The summed E-state index contributed by atoms with van der Waals surface area (Å²) in [5.74, 6) is 2.10. The number of hydrogen-bond acceptors (Lipinski definition) is 6. The molecule has 8 heteroatoms. The molecule has 3 heterocycles. The number of nitrogens with zero attached hydrogens (tertiary/aromatic N) is 5. The number of hydrogen-bond donors (Lipinski definition) is 0. The first kappa shape index (κ1) is 20.2. The van der Waals surface area contributed by atoms with Crippen molar-refractivity contribution in [3.63, 3.8) is 0 Å². The van der Waals surface area contributed by atoms with Gasteiger partial charge in [-0.2, -0.15) is 0 Å². The number of thioether (sulfide) groups is 1. The minimum atomic E-state index is 0.150. The van der Waals surface area contributed by atoms with Crippen molar-refractivity contribution in [2.24, 2.45) is 0 Å². The molecule has 0 atom stereocenters. The fraction of sp³-hybridized carbons (Fsp3) is 0.636. The Morgan fingerprint density at radius 1 is 1.17 bits per heavy atom. The van der Waals surface area contributed by atoms with Crippen LogP contribution in [0.3, 0.4) is 0 Å². The molecule has 30 heavy (non-hydrogen) atoms. The Bertz CT molecular complexity index is 1100. The molecule has 2 aliphatic carbocycles. The molecule has 0 bridgehead atoms. The monoisotopic (exact) mass is 443 g/mol. The maximum atomic E-state index is 12.9. The average Bonchev–Trinajstić information content (AvgIpc) is 3.35. The van der Waals surface area contributed by atoms with Crippen molar-refractivity contribution in [1.29, 1.82) is 0 Å². The van der Waals surface area contributed by atoms with E-state index in [2.05, 4.69) is 42.3 Å². The summed E-state index contributed by atoms with van der Waals surface area (Å²) in [6.45, 7) is 8.28. The highest BCUT2D eigenvalue weighted by Crippen LogP contribution is 2.44. The van der Waals surface area contributed by atoms with Crippen molar-refractivity contribution in [2.45, 2.75) is 89.4 Å². The molecule has 0 aromatic carbocycles. The van der Waals surface area contributed by atoms with E-state index in [4.69, 9.17) is 4.98 Å². The van der Waals surface area contributed by atoms with Gasteiger partial charge in [0.1, 0.15) is 10.7 Å². The van der Waals surface area contributed by atoms with Crippen LogP contribution in [0.4, 0.5) is 0 Å². The van der Waals surface area contributed by atoms with E-state index in [0.29, 0.717) is 11.7 Å². The zero-order chi connectivity index (χ0) is 21.0. The topological polar surface area (TPSA) is 63.4 Å². The second kappa shape index (κ2) is 7.79. The summed E-state index contributed by atoms with van der Waals surface area (Å²) in [6, 6.07) is 0.378. The molecule has 0 saturated heterocycles. The van der Waals surface area contributed by atoms with Crippen molar-refractivity contribution in [3.05, 3.63) is 16.3 Å². The normalized spacial score (nSPS) is 16.7. The molecular formula is C22H29N5OS2. The van der Waals surface area contributed by atoms with Crippen LogP contribution in [0.15, 0.2) is 5.16 Å². The van der Waals surface area contributed by atoms with Crippen molar-refractivity contribution in [3.8, 4) is 0 Å². The fourth-order valence-corrected chi connectivity index (χ4v) is 6.81. The Morgan fingerprint density at radius 3 is 2.60 bits per heavy atom. The van der Waals surface area contributed by atoms with Crippen molar-refractivity contribution < 1.29 is 4.79 Å². The maximum Gasteiger partial charge on any atom is 0.233 e. The van der Waals surface area contributed by atoms with E-state index in [-0.39, 0.29) is 18.0 Å². The first-order valence-electron chi connectivity index (χ1n) is 11.1. The number of fused-ring (bicyclic) bond motifs is 5. The summed E-state index contributed by atoms with van der Waals surface area (Å²) >= 11 is 3.35. The third kappa shape index (κ3) is 3.42. The van der Waals surface area contributed by atoms with E-state index in [1.807, 2.05) is 16.2 Å². The fourth-order valence-electron chi connectivity index (χ4n) is 4.74. The predicted molar refractivity (Wildman–Crippen MR) is 123 cm³/mol. The second-order valence-electron chi connectivity index (χ2n) is 9.05. The van der Waals surface area contributed by atoms with Gasteiger partial charge in [0.05, 0.1) is 11.1 Å². The SMILES string of the molecule is CC(C)N(C(=O)CSc1nnc2c3c4c(sc3nc(C3CC3)n12)CCCC4)C(C)C. The summed E-state index contributed by atoms with van der Waals surface area (Å²) in [6.07, 6.45) is 7.12. The molecule has 2 aliphatic rings. The Labute approximate surface area is 185 Å². The van der Waals surface area contributed by atoms with E-state index in [1.165, 1.54) is 53.3 Å². The van der Waals surface area contributed by atoms with Crippen LogP contribution in [-0.4, -0.2) is 48.2 Å². The first-order valence-corrected chi connectivity index (χ1v) is 12.9. The molecule has 6 nitrogen and oxygen atoms in total. The zero-order valence-electron chi connectivity index (χ0n) is 18.1. The molecule has 0 radical (unpaired) electrons. The van der Waals surface area contributed by atoms with E-state index in [1.54, 1.807) is 0 Å². The Morgan fingerprint density at radius 2 is 1.90 bits per heavy atom. The number of thiophene rings is 1. The number of rotatable bonds is 6. The Kier molecular flexibility index (Phi) is 5.25. The molecule has 0 N–H and O–H groups in total. The van der Waals surface area contributed by atoms with Crippen molar-refractivity contribution in [1.82, 2.24) is 24.5 Å². The van der Waals surface area contributed by atoms with Crippen molar-refractivity contribution in [2.75, 3.05) is 5.75 Å². The van der Waals surface area contributed by atoms with Crippen LogP contribution in [0.5, 0.6) is 0 Å². The molecule has 3 aromatic heterocycles. The summed E-state index contributed by atoms with van der Waals surface area (Å²) < 4.78 is 2.16. The number of aryl methyl sites for hydroxylation is 2. The predicted octanol–water partition coefficient (Wildman–Crippen LogP) is 4.83. The number of carbonyl (C=O) groups is 1. The van der Waals surface area contributed by atoms with Crippen LogP contribution in [0.25, 0.3) is 15.9 Å². The molecule has 5 rings (SSSR count). The summed E-state index contributed by atoms with van der Waals surface area (Å²) in [5.41, 5.74) is 2.38. The third-order valence-electron chi connectivity index (χ3n) is 6.12. The van der Waals surface area contributed by atoms with Gasteiger partial charge >= 0.3 is 0 Å². The smallest absolute Gasteiger partial charge is 0.233 e. The van der Waals surface area contributed by atoms with Crippen molar-refractivity contribution >= 4 is 44.9 Å². The van der Waals surface area contributed by atoms with Crippen LogP contribution in [0, 0.1) is 0 Å². The number of carbonyl (C=O) groups excluding carboxylic acids is 1. The molecule has 160 valence electrons. The van der Waals surface area contributed by atoms with E-state index in [0.717, 1.165) is 34.3 Å². The highest BCUT2D eigenvalue weighted by Gasteiger charge is 2.32. The third-order valence-corrected chi connectivity index (χ3v) is 8.22. The van der Waals surface area contributed by atoms with Gasteiger partial charge in [0, 0.05) is 22.9 Å². The van der Waals surface area contributed by atoms with Gasteiger partial charge in [0.2, 0.25) is 5.91 Å². The van der Waals surface area contributed by atoms with E-state index < -0.39 is 0 Å². The lowest BCUT2D eigenvalue weighted by Gasteiger charge is -2.30. The standard InChI is InChI=1S/C22H29N5OS2/c1-12(2)26(13(3)4)17(28)11-29-22-25-24-20-18-15-7-5-6-8-16(15)30-21(18)23-19(27(20)22)14-9-10-14/h12-14H,5-11H2,1-4H3. The Balaban J connectivity index is 1.54. The molecule has 1 saturated carbocycles. The van der Waals surface area contributed by atoms with Gasteiger partial charge in [0.25, 0.3) is 0 Å². The van der Waals surface area contributed by atoms with Gasteiger partial charge in [-0.05, 0) is 71.8 Å². The van der Waals surface area contributed by atoms with Gasteiger partial charge in [-0.1, -0.05) is 11.8 Å². The lowest BCUT2D eigenvalue weighted by atomic mass is 9.97. The largest absolute Gasteiger partial charge is 0.337 e. The molecule has 1 amide bonds. The summed E-state index contributed by atoms with van der Waals surface area (Å²) in [4.78, 5) is 22.6. The molecule has 0 spiro atoms. The summed E-state index contributed by atoms with van der Waals surface area (Å²) in [7, 11) is 0. The second-order valence-corrected chi connectivity index (χ2v) is 11.1. The Hall–Kier alpha value is -1.67. The molecule has 0 unspecified atom stereocenters. The highest BCUT2D eigenvalue weighted by atomic mass is 32.2. The van der Waals surface area contributed by atoms with Crippen LogP contribution in [0.1, 0.15) is 75.6 Å². The quantitative estimate of drug-likeness (QED) is 0.511. The molecule has 3 aromatic rings. The lowest BCUT2D eigenvalue weighted by Crippen LogP contribution is -2.43. The number of aromatic nitrogens is 4. The van der Waals surface area contributed by atoms with E-state index in [9.17, 15) is 4.79 Å². The van der Waals surface area contributed by atoms with Crippen LogP contribution in [0.2, 0.25) is 0 Å². The molecular weight excluding hydrogens is 414 g/mol. The average molecular weight is 444 g/mol. The molecule has 0 aliphatic heterocycles. The zero-order valence-corrected chi connectivity index (χ0v) is 19.8. The minimum absolute atomic E-state index is 0.150. The first-order chi connectivity index (χ1) is 14.5.